The smallest absolute Gasteiger partial charge is 0.191 e. The van der Waals surface area contributed by atoms with Gasteiger partial charge in [0, 0.05) is 44.0 Å². The molecule has 0 aliphatic carbocycles. The van der Waals surface area contributed by atoms with Crippen LogP contribution < -0.4 is 10.6 Å². The van der Waals surface area contributed by atoms with E-state index in [1.54, 1.807) is 11.3 Å². The number of benzene rings is 1. The summed E-state index contributed by atoms with van der Waals surface area (Å²) in [5.74, 6) is 0.903. The summed E-state index contributed by atoms with van der Waals surface area (Å²) in [6.45, 7) is 12.0. The van der Waals surface area contributed by atoms with E-state index in [9.17, 15) is 0 Å². The highest BCUT2D eigenvalue weighted by Gasteiger charge is 2.14. The van der Waals surface area contributed by atoms with Crippen LogP contribution in [-0.4, -0.2) is 48.6 Å². The largest absolute Gasteiger partial charge is 0.357 e. The van der Waals surface area contributed by atoms with Gasteiger partial charge >= 0.3 is 0 Å². The number of nitrogens with one attached hydrogen (secondary N) is 2. The van der Waals surface area contributed by atoms with Crippen LogP contribution >= 0.6 is 35.3 Å². The average Bonchev–Trinajstić information content (AvgIpc) is 2.99. The van der Waals surface area contributed by atoms with Crippen molar-refractivity contribution >= 4 is 41.3 Å². The highest BCUT2D eigenvalue weighted by atomic mass is 127. The predicted octanol–water partition coefficient (Wildman–Crippen LogP) is 3.53. The van der Waals surface area contributed by atoms with Gasteiger partial charge in [0.2, 0.25) is 0 Å². The van der Waals surface area contributed by atoms with Gasteiger partial charge < -0.3 is 10.6 Å². The van der Waals surface area contributed by atoms with E-state index in [1.807, 2.05) is 0 Å². The van der Waals surface area contributed by atoms with Crippen molar-refractivity contribution in [2.75, 3.05) is 32.7 Å². The second kappa shape index (κ2) is 11.7. The van der Waals surface area contributed by atoms with E-state index in [1.165, 1.54) is 21.0 Å². The van der Waals surface area contributed by atoms with Crippen LogP contribution in [0.5, 0.6) is 0 Å². The fourth-order valence-electron chi connectivity index (χ4n) is 3.32. The summed E-state index contributed by atoms with van der Waals surface area (Å²) in [5, 5.41) is 7.98. The molecule has 28 heavy (non-hydrogen) atoms. The molecule has 0 saturated carbocycles. The van der Waals surface area contributed by atoms with Gasteiger partial charge in [-0.3, -0.25) is 9.89 Å². The first-order chi connectivity index (χ1) is 13.2. The van der Waals surface area contributed by atoms with Gasteiger partial charge in [-0.15, -0.1) is 35.3 Å². The van der Waals surface area contributed by atoms with E-state index in [-0.39, 0.29) is 24.0 Å². The van der Waals surface area contributed by atoms with Gasteiger partial charge in [0.25, 0.3) is 0 Å². The molecule has 154 valence electrons. The van der Waals surface area contributed by atoms with Crippen molar-refractivity contribution < 1.29 is 0 Å². The maximum absolute atomic E-state index is 4.75. The topological polar surface area (TPSA) is 52.6 Å². The molecule has 5 nitrogen and oxygen atoms in total. The van der Waals surface area contributed by atoms with Crippen LogP contribution in [0.25, 0.3) is 0 Å². The molecular weight excluding hydrogens is 481 g/mol. The molecule has 1 aromatic heterocycles. The van der Waals surface area contributed by atoms with Gasteiger partial charge in [0.1, 0.15) is 0 Å². The van der Waals surface area contributed by atoms with Crippen LogP contribution in [0.1, 0.15) is 33.6 Å². The van der Waals surface area contributed by atoms with Gasteiger partial charge in [0.15, 0.2) is 5.96 Å². The molecule has 0 atom stereocenters. The first kappa shape index (κ1) is 23.1. The van der Waals surface area contributed by atoms with Crippen LogP contribution in [0.2, 0.25) is 0 Å². The maximum atomic E-state index is 4.75. The third kappa shape index (κ3) is 6.70. The average molecular weight is 513 g/mol. The number of halogens is 1. The molecule has 0 radical (unpaired) electrons. The predicted molar refractivity (Wildman–Crippen MR) is 130 cm³/mol. The molecular formula is C21H32IN5S. The van der Waals surface area contributed by atoms with Crippen molar-refractivity contribution in [3.05, 3.63) is 51.0 Å². The molecule has 0 spiro atoms. The number of hydrogen-bond donors (Lipinski definition) is 2. The standard InChI is InChI=1S/C21H31N5S.HI/c1-4-22-21(23-11-9-20-25-16(2)17(3)27-20)24-12-14-26-13-10-18-7-5-6-8-19(18)15-26;/h5-8H,4,9-15H2,1-3H3,(H2,22,23,24);1H. The summed E-state index contributed by atoms with van der Waals surface area (Å²) in [6.07, 6.45) is 2.08. The van der Waals surface area contributed by atoms with Crippen molar-refractivity contribution in [2.24, 2.45) is 4.99 Å². The minimum Gasteiger partial charge on any atom is -0.357 e. The van der Waals surface area contributed by atoms with Gasteiger partial charge in [-0.1, -0.05) is 24.3 Å². The number of thiazole rings is 1. The molecule has 2 aromatic rings. The van der Waals surface area contributed by atoms with E-state index in [4.69, 9.17) is 4.99 Å². The Morgan fingerprint density at radius 2 is 2.00 bits per heavy atom. The zero-order valence-corrected chi connectivity index (χ0v) is 20.3. The Labute approximate surface area is 190 Å². The minimum absolute atomic E-state index is 0. The number of rotatable bonds is 7. The van der Waals surface area contributed by atoms with Crippen molar-refractivity contribution in [3.8, 4) is 0 Å². The van der Waals surface area contributed by atoms with E-state index in [0.29, 0.717) is 0 Å². The van der Waals surface area contributed by atoms with Crippen molar-refractivity contribution in [1.82, 2.24) is 20.5 Å². The van der Waals surface area contributed by atoms with Crippen molar-refractivity contribution in [2.45, 2.75) is 40.2 Å². The molecule has 1 aliphatic heterocycles. The Morgan fingerprint density at radius 3 is 2.71 bits per heavy atom. The highest BCUT2D eigenvalue weighted by Crippen LogP contribution is 2.18. The number of nitrogens with zero attached hydrogens (tertiary/aromatic N) is 3. The number of aryl methyl sites for hydroxylation is 2. The first-order valence-electron chi connectivity index (χ1n) is 9.90. The quantitative estimate of drug-likeness (QED) is 0.338. The molecule has 0 amide bonds. The fraction of sp³-hybridized carbons (Fsp3) is 0.524. The second-order valence-electron chi connectivity index (χ2n) is 6.98. The number of aromatic nitrogens is 1. The Hall–Kier alpha value is -1.19. The molecule has 0 unspecified atom stereocenters. The Kier molecular flexibility index (Phi) is 9.67. The molecule has 2 N–H and O–H groups in total. The number of fused-ring (bicyclic) bond motifs is 1. The van der Waals surface area contributed by atoms with E-state index in [0.717, 1.165) is 63.8 Å². The molecule has 7 heteroatoms. The van der Waals surface area contributed by atoms with Gasteiger partial charge in [-0.2, -0.15) is 0 Å². The third-order valence-corrected chi connectivity index (χ3v) is 6.08. The number of hydrogen-bond acceptors (Lipinski definition) is 4. The zero-order valence-electron chi connectivity index (χ0n) is 17.1. The molecule has 0 bridgehead atoms. The van der Waals surface area contributed by atoms with Crippen LogP contribution in [0.3, 0.4) is 0 Å². The SMILES string of the molecule is CCNC(=NCCN1CCc2ccccc2C1)NCCc1nc(C)c(C)s1.I. The van der Waals surface area contributed by atoms with Crippen LogP contribution in [-0.2, 0) is 19.4 Å². The first-order valence-corrected chi connectivity index (χ1v) is 10.7. The minimum atomic E-state index is 0. The lowest BCUT2D eigenvalue weighted by Crippen LogP contribution is -2.39. The molecule has 0 fully saturated rings. The number of aliphatic imine (C=N–C) groups is 1. The molecule has 1 aromatic carbocycles. The van der Waals surface area contributed by atoms with Gasteiger partial charge in [-0.25, -0.2) is 4.98 Å². The monoisotopic (exact) mass is 513 g/mol. The highest BCUT2D eigenvalue weighted by molar-refractivity contribution is 14.0. The van der Waals surface area contributed by atoms with Gasteiger partial charge in [0.05, 0.1) is 17.2 Å². The lowest BCUT2D eigenvalue weighted by atomic mass is 10.0. The van der Waals surface area contributed by atoms with Crippen LogP contribution in [0.15, 0.2) is 29.3 Å². The molecule has 1 aliphatic rings. The lowest BCUT2D eigenvalue weighted by Gasteiger charge is -2.28. The summed E-state index contributed by atoms with van der Waals surface area (Å²) in [6, 6.07) is 8.78. The Balaban J connectivity index is 0.00000280. The Bertz CT molecular complexity index is 754. The summed E-state index contributed by atoms with van der Waals surface area (Å²) >= 11 is 1.79. The van der Waals surface area contributed by atoms with E-state index in [2.05, 4.69) is 65.6 Å². The third-order valence-electron chi connectivity index (χ3n) is 4.94. The molecule has 3 rings (SSSR count). The summed E-state index contributed by atoms with van der Waals surface area (Å²) in [5.41, 5.74) is 4.12. The van der Waals surface area contributed by atoms with Crippen molar-refractivity contribution in [3.63, 3.8) is 0 Å². The zero-order chi connectivity index (χ0) is 19.1. The van der Waals surface area contributed by atoms with Crippen LogP contribution in [0.4, 0.5) is 0 Å². The summed E-state index contributed by atoms with van der Waals surface area (Å²) < 4.78 is 0. The summed E-state index contributed by atoms with van der Waals surface area (Å²) in [4.78, 5) is 13.2. The second-order valence-corrected chi connectivity index (χ2v) is 8.27. The Morgan fingerprint density at radius 1 is 1.21 bits per heavy atom. The van der Waals surface area contributed by atoms with Crippen LogP contribution in [0, 0.1) is 13.8 Å². The normalized spacial score (nSPS) is 14.3. The maximum Gasteiger partial charge on any atom is 0.191 e. The van der Waals surface area contributed by atoms with E-state index >= 15 is 0 Å². The van der Waals surface area contributed by atoms with E-state index < -0.39 is 0 Å². The number of guanidine groups is 1. The molecule has 0 saturated heterocycles. The van der Waals surface area contributed by atoms with Gasteiger partial charge in [-0.05, 0) is 38.3 Å². The lowest BCUT2D eigenvalue weighted by molar-refractivity contribution is 0.261. The van der Waals surface area contributed by atoms with Crippen molar-refractivity contribution in [1.29, 1.82) is 0 Å². The molecule has 2 heterocycles. The fourth-order valence-corrected chi connectivity index (χ4v) is 4.26. The summed E-state index contributed by atoms with van der Waals surface area (Å²) in [7, 11) is 0.